The molecule has 0 saturated heterocycles. The third-order valence-electron chi connectivity index (χ3n) is 5.18. The summed E-state index contributed by atoms with van der Waals surface area (Å²) in [6, 6.07) is 10.6. The number of fused-ring (bicyclic) bond motifs is 1. The van der Waals surface area contributed by atoms with Gasteiger partial charge in [0.15, 0.2) is 5.82 Å². The Bertz CT molecular complexity index is 1460. The van der Waals surface area contributed by atoms with Crippen molar-refractivity contribution in [3.8, 4) is 23.4 Å². The molecule has 0 bridgehead atoms. The number of nitrogens with zero attached hydrogens (tertiary/aromatic N) is 6. The van der Waals surface area contributed by atoms with Gasteiger partial charge in [-0.3, -0.25) is 9.78 Å². The van der Waals surface area contributed by atoms with Gasteiger partial charge < -0.3 is 9.73 Å². The summed E-state index contributed by atoms with van der Waals surface area (Å²) in [6.07, 6.45) is 2.75. The van der Waals surface area contributed by atoms with Crippen molar-refractivity contribution < 1.29 is 13.6 Å². The van der Waals surface area contributed by atoms with Crippen molar-refractivity contribution in [3.05, 3.63) is 58.6 Å². The van der Waals surface area contributed by atoms with Crippen LogP contribution in [-0.4, -0.2) is 31.6 Å². The highest BCUT2D eigenvalue weighted by molar-refractivity contribution is 7.18. The van der Waals surface area contributed by atoms with Crippen molar-refractivity contribution in [3.63, 3.8) is 0 Å². The molecule has 1 aliphatic rings. The van der Waals surface area contributed by atoms with E-state index in [9.17, 15) is 4.79 Å². The van der Waals surface area contributed by atoms with E-state index in [1.54, 1.807) is 24.3 Å². The lowest BCUT2D eigenvalue weighted by molar-refractivity contribution is -0.121. The Balaban J connectivity index is 1.32. The highest BCUT2D eigenvalue weighted by atomic mass is 32.1. The maximum Gasteiger partial charge on any atom is 0.230 e. The van der Waals surface area contributed by atoms with Crippen LogP contribution in [0.5, 0.6) is 0 Å². The summed E-state index contributed by atoms with van der Waals surface area (Å²) < 4.78 is 21.1. The van der Waals surface area contributed by atoms with Crippen LogP contribution < -0.4 is 5.32 Å². The average Bonchev–Trinajstić information content (AvgIpc) is 3.24. The molecule has 0 aliphatic heterocycles. The first-order valence-electron chi connectivity index (χ1n) is 9.96. The lowest BCUT2D eigenvalue weighted by Crippen LogP contribution is -2.36. The molecule has 0 radical (unpaired) electrons. The van der Waals surface area contributed by atoms with Crippen molar-refractivity contribution in [1.29, 1.82) is 10.5 Å². The number of carbonyl (C=O) groups excluding carboxylic acids is 1. The number of nitriles is 2. The van der Waals surface area contributed by atoms with Gasteiger partial charge >= 0.3 is 0 Å². The van der Waals surface area contributed by atoms with Crippen LogP contribution >= 0.6 is 11.3 Å². The van der Waals surface area contributed by atoms with Gasteiger partial charge in [0.25, 0.3) is 0 Å². The van der Waals surface area contributed by atoms with E-state index in [1.807, 2.05) is 6.07 Å². The van der Waals surface area contributed by atoms with Crippen LogP contribution in [0.3, 0.4) is 0 Å². The normalized spacial score (nSPS) is 13.9. The molecule has 1 fully saturated rings. The zero-order chi connectivity index (χ0) is 23.0. The van der Waals surface area contributed by atoms with Gasteiger partial charge in [0.1, 0.15) is 23.0 Å². The van der Waals surface area contributed by atoms with E-state index >= 15 is 4.39 Å². The molecule has 162 valence electrons. The summed E-state index contributed by atoms with van der Waals surface area (Å²) in [5, 5.41) is 29.0. The van der Waals surface area contributed by atoms with Gasteiger partial charge in [0.05, 0.1) is 34.0 Å². The van der Waals surface area contributed by atoms with Crippen molar-refractivity contribution in [2.45, 2.75) is 31.2 Å². The van der Waals surface area contributed by atoms with Gasteiger partial charge in [0, 0.05) is 11.8 Å². The second-order valence-electron chi connectivity index (χ2n) is 7.61. The zero-order valence-corrected chi connectivity index (χ0v) is 17.8. The molecule has 0 unspecified atom stereocenters. The molecule has 3 aromatic heterocycles. The first kappa shape index (κ1) is 20.7. The molecular weight excluding hydrogens is 445 g/mol. The molecule has 1 saturated carbocycles. The number of nitrogens with one attached hydrogen (secondary N) is 1. The van der Waals surface area contributed by atoms with Crippen LogP contribution in [-0.2, 0) is 17.6 Å². The van der Waals surface area contributed by atoms with Gasteiger partial charge in [-0.15, -0.1) is 21.5 Å². The Morgan fingerprint density at radius 2 is 2.03 bits per heavy atom. The molecule has 1 N–H and O–H groups in total. The molecule has 9 nitrogen and oxygen atoms in total. The fourth-order valence-corrected chi connectivity index (χ4v) is 4.29. The Kier molecular flexibility index (Phi) is 5.04. The van der Waals surface area contributed by atoms with Crippen molar-refractivity contribution in [2.75, 3.05) is 0 Å². The monoisotopic (exact) mass is 459 g/mol. The van der Waals surface area contributed by atoms with Crippen molar-refractivity contribution >= 4 is 27.5 Å². The molecule has 0 spiro atoms. The number of halogens is 1. The summed E-state index contributed by atoms with van der Waals surface area (Å²) in [5.41, 5.74) is 0.882. The summed E-state index contributed by atoms with van der Waals surface area (Å²) in [7, 11) is 0. The van der Waals surface area contributed by atoms with E-state index < -0.39 is 11.4 Å². The number of hydrogen-bond donors (Lipinski definition) is 1. The number of aromatic nitrogens is 4. The largest absolute Gasteiger partial charge is 0.424 e. The third kappa shape index (κ3) is 4.14. The number of carbonyl (C=O) groups is 1. The summed E-state index contributed by atoms with van der Waals surface area (Å²) in [5.74, 6) is -0.400. The number of hydrogen-bond acceptors (Lipinski definition) is 9. The zero-order valence-electron chi connectivity index (χ0n) is 17.0. The second-order valence-corrected chi connectivity index (χ2v) is 8.70. The number of amides is 1. The number of benzene rings is 1. The average molecular weight is 459 g/mol. The highest BCUT2D eigenvalue weighted by Crippen LogP contribution is 2.34. The molecule has 4 aromatic rings. The van der Waals surface area contributed by atoms with Gasteiger partial charge in [-0.05, 0) is 37.1 Å². The minimum atomic E-state index is -0.753. The lowest BCUT2D eigenvalue weighted by atomic mass is 10.1. The van der Waals surface area contributed by atoms with E-state index in [2.05, 4.69) is 31.6 Å². The standard InChI is InChI=1S/C22H14FN7O2S/c23-20-13(14-3-1-12(9-24)10-26-14)2-4-15-21(20)33-19(27-15)8-18-30-29-17(32-18)7-16(31)28-22(11-25)5-6-22/h1-4,10H,5-8H2,(H,28,31). The van der Waals surface area contributed by atoms with Crippen LogP contribution in [0.1, 0.15) is 35.2 Å². The molecular formula is C22H14FN7O2S. The van der Waals surface area contributed by atoms with Crippen molar-refractivity contribution in [1.82, 2.24) is 25.5 Å². The first-order chi connectivity index (χ1) is 16.0. The minimum Gasteiger partial charge on any atom is -0.424 e. The molecule has 1 aliphatic carbocycles. The Hall–Kier alpha value is -4.22. The Labute approximate surface area is 190 Å². The number of thiazole rings is 1. The lowest BCUT2D eigenvalue weighted by Gasteiger charge is -2.06. The molecule has 11 heteroatoms. The summed E-state index contributed by atoms with van der Waals surface area (Å²) in [6.45, 7) is 0. The maximum absolute atomic E-state index is 15.2. The van der Waals surface area contributed by atoms with E-state index in [0.29, 0.717) is 44.9 Å². The Morgan fingerprint density at radius 1 is 1.21 bits per heavy atom. The van der Waals surface area contributed by atoms with Crippen LogP contribution in [0.15, 0.2) is 34.9 Å². The molecule has 33 heavy (non-hydrogen) atoms. The van der Waals surface area contributed by atoms with Gasteiger partial charge in [-0.1, -0.05) is 0 Å². The third-order valence-corrected chi connectivity index (χ3v) is 6.24. The fourth-order valence-electron chi connectivity index (χ4n) is 3.30. The van der Waals surface area contributed by atoms with E-state index in [0.717, 1.165) is 0 Å². The van der Waals surface area contributed by atoms with E-state index in [1.165, 1.54) is 17.5 Å². The number of rotatable bonds is 6. The first-order valence-corrected chi connectivity index (χ1v) is 10.8. The molecule has 3 heterocycles. The van der Waals surface area contributed by atoms with Gasteiger partial charge in [-0.25, -0.2) is 9.37 Å². The van der Waals surface area contributed by atoms with Crippen LogP contribution in [0.25, 0.3) is 21.5 Å². The fraction of sp³-hybridized carbons (Fsp3) is 0.227. The molecule has 1 amide bonds. The molecule has 0 atom stereocenters. The van der Waals surface area contributed by atoms with Gasteiger partial charge in [0.2, 0.25) is 17.7 Å². The summed E-state index contributed by atoms with van der Waals surface area (Å²) in [4.78, 5) is 20.7. The maximum atomic E-state index is 15.2. The highest BCUT2D eigenvalue weighted by Gasteiger charge is 2.44. The topological polar surface area (TPSA) is 141 Å². The van der Waals surface area contributed by atoms with Crippen LogP contribution in [0.2, 0.25) is 0 Å². The van der Waals surface area contributed by atoms with Crippen LogP contribution in [0.4, 0.5) is 4.39 Å². The van der Waals surface area contributed by atoms with E-state index in [-0.39, 0.29) is 30.5 Å². The molecule has 5 rings (SSSR count). The van der Waals surface area contributed by atoms with E-state index in [4.69, 9.17) is 14.9 Å². The molecule has 1 aromatic carbocycles. The summed E-state index contributed by atoms with van der Waals surface area (Å²) >= 11 is 1.17. The number of pyridine rings is 1. The Morgan fingerprint density at radius 3 is 2.73 bits per heavy atom. The van der Waals surface area contributed by atoms with Crippen molar-refractivity contribution in [2.24, 2.45) is 0 Å². The SMILES string of the molecule is N#Cc1ccc(-c2ccc3nc(Cc4nnc(CC(=O)NC5(C#N)CC5)o4)sc3c2F)nc1. The predicted octanol–water partition coefficient (Wildman–Crippen LogP) is 3.06. The smallest absolute Gasteiger partial charge is 0.230 e. The van der Waals surface area contributed by atoms with Gasteiger partial charge in [-0.2, -0.15) is 10.5 Å². The quantitative estimate of drug-likeness (QED) is 0.464. The predicted molar refractivity (Wildman–Crippen MR) is 114 cm³/mol. The van der Waals surface area contributed by atoms with Crippen LogP contribution in [0, 0.1) is 28.5 Å². The second kappa shape index (κ2) is 8.04. The minimum absolute atomic E-state index is 0.119.